The highest BCUT2D eigenvalue weighted by molar-refractivity contribution is 7.80. The lowest BCUT2D eigenvalue weighted by Crippen LogP contribution is -2.73. The molecule has 2 amide bonds. The number of non-ortho nitro benzene ring substituents is 2. The first-order valence-electron chi connectivity index (χ1n) is 9.37. The van der Waals surface area contributed by atoms with E-state index in [-0.39, 0.29) is 21.6 Å². The molecule has 0 aromatic heterocycles. The Bertz CT molecular complexity index is 1120. The summed E-state index contributed by atoms with van der Waals surface area (Å²) in [6, 6.07) is 8.60. The molecule has 2 aliphatic rings. The van der Waals surface area contributed by atoms with Crippen LogP contribution in [-0.4, -0.2) is 31.9 Å². The van der Waals surface area contributed by atoms with Crippen molar-refractivity contribution in [3.8, 4) is 0 Å². The lowest BCUT2D eigenvalue weighted by atomic mass is 9.65. The molecule has 168 valence electrons. The molecule has 2 aromatic rings. The molecule has 2 aromatic carbocycles. The van der Waals surface area contributed by atoms with Crippen LogP contribution in [0.25, 0.3) is 0 Å². The molecule has 4 N–H and O–H groups in total. The van der Waals surface area contributed by atoms with E-state index < -0.39 is 39.2 Å². The number of nitrogens with zero attached hydrogens (tertiary/aromatic N) is 2. The van der Waals surface area contributed by atoms with Crippen LogP contribution >= 0.6 is 24.4 Å². The van der Waals surface area contributed by atoms with Gasteiger partial charge >= 0.3 is 0 Å². The van der Waals surface area contributed by atoms with Gasteiger partial charge in [0, 0.05) is 24.3 Å². The normalized spacial score (nSPS) is 21.5. The van der Waals surface area contributed by atoms with Gasteiger partial charge in [-0.1, -0.05) is 24.3 Å². The fourth-order valence-electron chi connectivity index (χ4n) is 4.04. The molecule has 0 unspecified atom stereocenters. The van der Waals surface area contributed by atoms with Crippen LogP contribution in [0.2, 0.25) is 0 Å². The van der Waals surface area contributed by atoms with Gasteiger partial charge in [0.1, 0.15) is 0 Å². The van der Waals surface area contributed by atoms with Crippen molar-refractivity contribution in [1.82, 2.24) is 21.3 Å². The third kappa shape index (κ3) is 3.64. The molecular formula is C19H14N6O6S2. The van der Waals surface area contributed by atoms with Gasteiger partial charge in [-0.05, 0) is 35.6 Å². The summed E-state index contributed by atoms with van der Waals surface area (Å²) in [5, 5.41) is 32.8. The molecular weight excluding hydrogens is 472 g/mol. The Morgan fingerprint density at radius 2 is 1.06 bits per heavy atom. The Hall–Kier alpha value is -4.04. The van der Waals surface area contributed by atoms with Gasteiger partial charge < -0.3 is 21.3 Å². The van der Waals surface area contributed by atoms with Gasteiger partial charge in [0.05, 0.1) is 21.9 Å². The maximum atomic E-state index is 13.4. The van der Waals surface area contributed by atoms with Crippen molar-refractivity contribution in [3.63, 3.8) is 0 Å². The number of benzene rings is 2. The summed E-state index contributed by atoms with van der Waals surface area (Å²) >= 11 is 10.3. The van der Waals surface area contributed by atoms with E-state index in [9.17, 15) is 29.8 Å². The number of hydrogen-bond donors (Lipinski definition) is 4. The molecule has 14 heteroatoms. The highest BCUT2D eigenvalue weighted by Crippen LogP contribution is 2.48. The van der Waals surface area contributed by atoms with Crippen LogP contribution in [0.1, 0.15) is 23.2 Å². The Balaban J connectivity index is 1.89. The van der Waals surface area contributed by atoms with Crippen molar-refractivity contribution in [2.75, 3.05) is 0 Å². The Morgan fingerprint density at radius 1 is 0.697 bits per heavy atom. The first kappa shape index (κ1) is 22.2. The molecule has 2 heterocycles. The fourth-order valence-corrected chi connectivity index (χ4v) is 4.46. The van der Waals surface area contributed by atoms with Crippen LogP contribution < -0.4 is 21.3 Å². The van der Waals surface area contributed by atoms with Gasteiger partial charge in [-0.3, -0.25) is 29.8 Å². The zero-order valence-corrected chi connectivity index (χ0v) is 18.1. The third-order valence-corrected chi connectivity index (χ3v) is 5.98. The van der Waals surface area contributed by atoms with Gasteiger partial charge in [0.2, 0.25) is 11.8 Å². The molecule has 0 aliphatic carbocycles. The van der Waals surface area contributed by atoms with Crippen LogP contribution in [0.4, 0.5) is 11.4 Å². The van der Waals surface area contributed by atoms with E-state index in [0.717, 1.165) is 0 Å². The van der Waals surface area contributed by atoms with E-state index >= 15 is 0 Å². The number of carbonyl (C=O) groups is 2. The van der Waals surface area contributed by atoms with Gasteiger partial charge in [-0.15, -0.1) is 0 Å². The number of thiocarbonyl (C=S) groups is 2. The quantitative estimate of drug-likeness (QED) is 0.214. The standard InChI is InChI=1S/C19H14N6O6S2/c26-15-19(16(27)23-18(33)22-15)13(9-1-5-11(6-2-9)24(28)29)20-17(32)21-14(19)10-3-7-12(8-4-10)25(30)31/h1-8,13-14H,(H2,20,21,32)(H2,22,23,26,27,33)/t13-,14+. The number of amides is 2. The summed E-state index contributed by atoms with van der Waals surface area (Å²) in [7, 11) is 0. The predicted octanol–water partition coefficient (Wildman–Crippen LogP) is 1.28. The monoisotopic (exact) mass is 486 g/mol. The van der Waals surface area contributed by atoms with Crippen LogP contribution in [0.3, 0.4) is 0 Å². The van der Waals surface area contributed by atoms with E-state index in [1.807, 2.05) is 0 Å². The van der Waals surface area contributed by atoms with E-state index in [4.69, 9.17) is 24.4 Å². The van der Waals surface area contributed by atoms with E-state index in [2.05, 4.69) is 21.3 Å². The van der Waals surface area contributed by atoms with Gasteiger partial charge in [-0.2, -0.15) is 0 Å². The maximum absolute atomic E-state index is 13.4. The van der Waals surface area contributed by atoms with Gasteiger partial charge in [0.25, 0.3) is 11.4 Å². The molecule has 2 saturated heterocycles. The highest BCUT2D eigenvalue weighted by Gasteiger charge is 2.63. The van der Waals surface area contributed by atoms with Crippen LogP contribution in [0.5, 0.6) is 0 Å². The molecule has 0 saturated carbocycles. The average Bonchev–Trinajstić information content (AvgIpc) is 2.77. The summed E-state index contributed by atoms with van der Waals surface area (Å²) in [6.07, 6.45) is 0. The number of carbonyl (C=O) groups excluding carboxylic acids is 2. The lowest BCUT2D eigenvalue weighted by molar-refractivity contribution is -0.385. The zero-order chi connectivity index (χ0) is 23.9. The van der Waals surface area contributed by atoms with Gasteiger partial charge in [-0.25, -0.2) is 0 Å². The summed E-state index contributed by atoms with van der Waals surface area (Å²) in [5.41, 5.74) is -1.47. The topological polar surface area (TPSA) is 169 Å². The molecule has 2 atom stereocenters. The van der Waals surface area contributed by atoms with Crippen molar-refractivity contribution < 1.29 is 19.4 Å². The number of nitro benzene ring substituents is 2. The van der Waals surface area contributed by atoms with E-state index in [0.29, 0.717) is 11.1 Å². The number of nitro groups is 2. The van der Waals surface area contributed by atoms with Crippen molar-refractivity contribution in [2.24, 2.45) is 5.41 Å². The fraction of sp³-hybridized carbons (Fsp3) is 0.158. The number of rotatable bonds is 4. The van der Waals surface area contributed by atoms with Crippen molar-refractivity contribution >= 4 is 57.8 Å². The molecule has 0 bridgehead atoms. The molecule has 1 spiro atoms. The van der Waals surface area contributed by atoms with Gasteiger partial charge in [0.15, 0.2) is 15.6 Å². The van der Waals surface area contributed by atoms with E-state index in [1.165, 1.54) is 48.5 Å². The Kier molecular flexibility index (Phi) is 5.47. The summed E-state index contributed by atoms with van der Waals surface area (Å²) in [4.78, 5) is 47.8. The smallest absolute Gasteiger partial charge is 0.269 e. The summed E-state index contributed by atoms with van der Waals surface area (Å²) < 4.78 is 0. The van der Waals surface area contributed by atoms with E-state index in [1.54, 1.807) is 0 Å². The summed E-state index contributed by atoms with van der Waals surface area (Å²) in [6.45, 7) is 0. The lowest BCUT2D eigenvalue weighted by Gasteiger charge is -2.50. The molecule has 33 heavy (non-hydrogen) atoms. The van der Waals surface area contributed by atoms with Crippen molar-refractivity contribution in [1.29, 1.82) is 0 Å². The van der Waals surface area contributed by atoms with Crippen LogP contribution in [-0.2, 0) is 9.59 Å². The molecule has 4 rings (SSSR count). The van der Waals surface area contributed by atoms with Crippen LogP contribution in [0, 0.1) is 25.6 Å². The summed E-state index contributed by atoms with van der Waals surface area (Å²) in [5.74, 6) is -1.46. The second-order valence-corrected chi connectivity index (χ2v) is 8.10. The minimum absolute atomic E-state index is 0.112. The highest BCUT2D eigenvalue weighted by atomic mass is 32.1. The minimum atomic E-state index is -1.89. The molecule has 2 aliphatic heterocycles. The SMILES string of the molecule is O=C1NC(=S)NC(=O)C12[C@@H](c1ccc([N+](=O)[O-])cc1)NC(=S)N[C@H]2c1ccc([N+](=O)[O-])cc1. The Morgan fingerprint density at radius 3 is 1.39 bits per heavy atom. The molecule has 2 fully saturated rings. The predicted molar refractivity (Wildman–Crippen MR) is 122 cm³/mol. The first-order valence-corrected chi connectivity index (χ1v) is 10.2. The van der Waals surface area contributed by atoms with Crippen molar-refractivity contribution in [2.45, 2.75) is 12.1 Å². The molecule has 0 radical (unpaired) electrons. The second kappa shape index (κ2) is 8.14. The van der Waals surface area contributed by atoms with Crippen LogP contribution in [0.15, 0.2) is 48.5 Å². The largest absolute Gasteiger partial charge is 0.354 e. The minimum Gasteiger partial charge on any atom is -0.354 e. The first-order chi connectivity index (χ1) is 15.6. The number of hydrogen-bond acceptors (Lipinski definition) is 8. The molecule has 12 nitrogen and oxygen atoms in total. The number of nitrogens with one attached hydrogen (secondary N) is 4. The Labute approximate surface area is 196 Å². The zero-order valence-electron chi connectivity index (χ0n) is 16.4. The average molecular weight is 486 g/mol. The second-order valence-electron chi connectivity index (χ2n) is 7.29. The third-order valence-electron chi connectivity index (χ3n) is 5.54. The van der Waals surface area contributed by atoms with Crippen molar-refractivity contribution in [3.05, 3.63) is 79.9 Å². The maximum Gasteiger partial charge on any atom is 0.269 e.